The number of aliphatic imine (C=N–C) groups is 1. The van der Waals surface area contributed by atoms with Gasteiger partial charge in [-0.1, -0.05) is 0 Å². The zero-order valence-electron chi connectivity index (χ0n) is 7.23. The van der Waals surface area contributed by atoms with Crippen molar-refractivity contribution in [3.05, 3.63) is 0 Å². The van der Waals surface area contributed by atoms with E-state index < -0.39 is 11.9 Å². The summed E-state index contributed by atoms with van der Waals surface area (Å²) in [5, 5.41) is 8.47. The number of amides is 1. The van der Waals surface area contributed by atoms with Crippen molar-refractivity contribution in [2.75, 3.05) is 6.54 Å². The summed E-state index contributed by atoms with van der Waals surface area (Å²) in [6.45, 7) is 0.411. The maximum atomic E-state index is 10.6. The van der Waals surface area contributed by atoms with Crippen LogP contribution in [0.4, 0.5) is 0 Å². The fourth-order valence-corrected chi connectivity index (χ4v) is 0.774. The van der Waals surface area contributed by atoms with Gasteiger partial charge in [0.05, 0.1) is 0 Å². The summed E-state index contributed by atoms with van der Waals surface area (Å²) in [6.07, 6.45) is 0.960. The van der Waals surface area contributed by atoms with E-state index in [0.717, 1.165) is 0 Å². The van der Waals surface area contributed by atoms with Crippen molar-refractivity contribution in [3.63, 3.8) is 0 Å². The van der Waals surface area contributed by atoms with Crippen LogP contribution < -0.4 is 22.7 Å². The van der Waals surface area contributed by atoms with Gasteiger partial charge in [0.25, 0.3) is 0 Å². The maximum absolute atomic E-state index is 10.6. The summed E-state index contributed by atoms with van der Waals surface area (Å²) in [5.41, 5.74) is 16.9. The lowest BCUT2D eigenvalue weighted by Crippen LogP contribution is -2.39. The molecule has 0 rings (SSSR count). The summed E-state index contributed by atoms with van der Waals surface area (Å²) in [6, 6.07) is -0.741. The van der Waals surface area contributed by atoms with E-state index in [9.17, 15) is 4.79 Å². The first-order valence-corrected chi connectivity index (χ1v) is 3.82. The van der Waals surface area contributed by atoms with Gasteiger partial charge in [-0.25, -0.2) is 0 Å². The zero-order valence-corrected chi connectivity index (χ0v) is 7.23. The van der Waals surface area contributed by atoms with Crippen LogP contribution >= 0.6 is 0 Å². The SMILES string of the molecule is NC(=O)C(CCCN=C(N)N)NO. The standard InChI is InChI=1S/C6H15N5O2/c7-5(12)4(11-13)2-1-3-10-6(8)9/h4,11,13H,1-3H2,(H2,7,12)(H4,8,9,10). The molecule has 0 saturated carbocycles. The lowest BCUT2D eigenvalue weighted by molar-refractivity contribution is -0.122. The van der Waals surface area contributed by atoms with Crippen molar-refractivity contribution in [3.8, 4) is 0 Å². The second-order valence-corrected chi connectivity index (χ2v) is 2.53. The molecule has 0 aromatic rings. The molecular weight excluding hydrogens is 174 g/mol. The molecule has 0 aliphatic heterocycles. The van der Waals surface area contributed by atoms with E-state index in [1.807, 2.05) is 0 Å². The van der Waals surface area contributed by atoms with Crippen LogP contribution in [0.3, 0.4) is 0 Å². The Labute approximate surface area is 75.9 Å². The molecule has 0 bridgehead atoms. The van der Waals surface area contributed by atoms with E-state index in [1.54, 1.807) is 5.48 Å². The Balaban J connectivity index is 3.62. The first kappa shape index (κ1) is 11.7. The molecule has 0 aliphatic carbocycles. The van der Waals surface area contributed by atoms with Gasteiger partial charge >= 0.3 is 0 Å². The van der Waals surface area contributed by atoms with Gasteiger partial charge in [-0.05, 0) is 12.8 Å². The molecule has 1 amide bonds. The summed E-state index contributed by atoms with van der Waals surface area (Å²) in [4.78, 5) is 14.3. The summed E-state index contributed by atoms with van der Waals surface area (Å²) in [5.74, 6) is -0.597. The number of nitrogens with one attached hydrogen (secondary N) is 1. The fourth-order valence-electron chi connectivity index (χ4n) is 0.774. The van der Waals surface area contributed by atoms with E-state index in [4.69, 9.17) is 22.4 Å². The van der Waals surface area contributed by atoms with Gasteiger partial charge in [0.15, 0.2) is 5.96 Å². The number of primary amides is 1. The van der Waals surface area contributed by atoms with Crippen molar-refractivity contribution in [2.24, 2.45) is 22.2 Å². The van der Waals surface area contributed by atoms with Crippen molar-refractivity contribution in [2.45, 2.75) is 18.9 Å². The largest absolute Gasteiger partial charge is 0.370 e. The average molecular weight is 189 g/mol. The van der Waals surface area contributed by atoms with Crippen LogP contribution in [-0.4, -0.2) is 29.7 Å². The van der Waals surface area contributed by atoms with Crippen LogP contribution in [0.15, 0.2) is 4.99 Å². The summed E-state index contributed by atoms with van der Waals surface area (Å²) in [7, 11) is 0. The average Bonchev–Trinajstić information content (AvgIpc) is 2.03. The van der Waals surface area contributed by atoms with Crippen LogP contribution in [0.2, 0.25) is 0 Å². The van der Waals surface area contributed by atoms with Gasteiger partial charge in [0.1, 0.15) is 6.04 Å². The third-order valence-corrected chi connectivity index (χ3v) is 1.44. The molecule has 0 aromatic carbocycles. The van der Waals surface area contributed by atoms with E-state index in [0.29, 0.717) is 19.4 Å². The van der Waals surface area contributed by atoms with E-state index in [1.165, 1.54) is 0 Å². The minimum atomic E-state index is -0.741. The Bertz CT molecular complexity index is 189. The Morgan fingerprint density at radius 3 is 2.46 bits per heavy atom. The first-order chi connectivity index (χ1) is 6.07. The van der Waals surface area contributed by atoms with Gasteiger partial charge in [-0.3, -0.25) is 9.79 Å². The highest BCUT2D eigenvalue weighted by Gasteiger charge is 2.12. The molecule has 0 spiro atoms. The van der Waals surface area contributed by atoms with Gasteiger partial charge in [-0.15, -0.1) is 0 Å². The molecule has 13 heavy (non-hydrogen) atoms. The minimum Gasteiger partial charge on any atom is -0.370 e. The molecule has 7 nitrogen and oxygen atoms in total. The molecule has 1 atom stereocenters. The van der Waals surface area contributed by atoms with E-state index in [-0.39, 0.29) is 5.96 Å². The van der Waals surface area contributed by atoms with Gasteiger partial charge < -0.3 is 22.4 Å². The highest BCUT2D eigenvalue weighted by Crippen LogP contribution is 1.95. The van der Waals surface area contributed by atoms with Crippen LogP contribution in [0.1, 0.15) is 12.8 Å². The molecule has 0 fully saturated rings. The number of carbonyl (C=O) groups is 1. The van der Waals surface area contributed by atoms with E-state index >= 15 is 0 Å². The number of guanidine groups is 1. The summed E-state index contributed by atoms with van der Waals surface area (Å²) < 4.78 is 0. The van der Waals surface area contributed by atoms with Gasteiger partial charge in [0.2, 0.25) is 5.91 Å². The van der Waals surface area contributed by atoms with Crippen LogP contribution in [0.5, 0.6) is 0 Å². The van der Waals surface area contributed by atoms with E-state index in [2.05, 4.69) is 4.99 Å². The number of nitrogens with two attached hydrogens (primary N) is 3. The Kier molecular flexibility index (Phi) is 5.57. The first-order valence-electron chi connectivity index (χ1n) is 3.82. The molecule has 0 saturated heterocycles. The number of hydrogen-bond acceptors (Lipinski definition) is 4. The Morgan fingerprint density at radius 2 is 2.08 bits per heavy atom. The van der Waals surface area contributed by atoms with Crippen molar-refractivity contribution < 1.29 is 10.0 Å². The minimum absolute atomic E-state index is 0.00702. The highest BCUT2D eigenvalue weighted by atomic mass is 16.5. The molecule has 0 aromatic heterocycles. The smallest absolute Gasteiger partial charge is 0.236 e. The molecule has 8 N–H and O–H groups in total. The van der Waals surface area contributed by atoms with Crippen LogP contribution in [-0.2, 0) is 4.79 Å². The van der Waals surface area contributed by atoms with Gasteiger partial charge in [-0.2, -0.15) is 5.48 Å². The predicted octanol–water partition coefficient (Wildman–Crippen LogP) is -2.13. The monoisotopic (exact) mass is 189 g/mol. The second kappa shape index (κ2) is 6.21. The van der Waals surface area contributed by atoms with Crippen molar-refractivity contribution in [1.29, 1.82) is 0 Å². The topological polar surface area (TPSA) is 140 Å². The van der Waals surface area contributed by atoms with Crippen molar-refractivity contribution >= 4 is 11.9 Å². The fraction of sp³-hybridized carbons (Fsp3) is 0.667. The number of hydrogen-bond donors (Lipinski definition) is 5. The van der Waals surface area contributed by atoms with Crippen LogP contribution in [0.25, 0.3) is 0 Å². The molecule has 0 heterocycles. The lowest BCUT2D eigenvalue weighted by Gasteiger charge is -2.08. The molecule has 1 unspecified atom stereocenters. The zero-order chi connectivity index (χ0) is 10.3. The van der Waals surface area contributed by atoms with Crippen LogP contribution in [0, 0.1) is 0 Å². The summed E-state index contributed by atoms with van der Waals surface area (Å²) >= 11 is 0. The Hall–Kier alpha value is -1.34. The number of rotatable bonds is 6. The maximum Gasteiger partial charge on any atom is 0.236 e. The second-order valence-electron chi connectivity index (χ2n) is 2.53. The predicted molar refractivity (Wildman–Crippen MR) is 47.8 cm³/mol. The normalized spacial score (nSPS) is 12.1. The molecule has 0 aliphatic rings. The molecule has 76 valence electrons. The third kappa shape index (κ3) is 5.88. The number of hydroxylamine groups is 1. The highest BCUT2D eigenvalue weighted by molar-refractivity contribution is 5.79. The lowest BCUT2D eigenvalue weighted by atomic mass is 10.1. The quantitative estimate of drug-likeness (QED) is 0.140. The third-order valence-electron chi connectivity index (χ3n) is 1.44. The Morgan fingerprint density at radius 1 is 1.46 bits per heavy atom. The molecular formula is C6H15N5O2. The van der Waals surface area contributed by atoms with Crippen molar-refractivity contribution in [1.82, 2.24) is 5.48 Å². The number of carbonyl (C=O) groups excluding carboxylic acids is 1. The molecule has 0 radical (unpaired) electrons. The van der Waals surface area contributed by atoms with Gasteiger partial charge in [0, 0.05) is 6.54 Å². The molecule has 7 heteroatoms. The number of nitrogens with zero attached hydrogens (tertiary/aromatic N) is 1.